The van der Waals surface area contributed by atoms with E-state index < -0.39 is 11.8 Å². The molecule has 0 N–H and O–H groups in total. The van der Waals surface area contributed by atoms with Crippen molar-refractivity contribution >= 4 is 22.7 Å². The molecule has 0 aliphatic rings. The molecule has 0 atom stereocenters. The number of Topliss-reactive ketones (excluding diaryl/α,β-unsaturated/α-hetero) is 1. The van der Waals surface area contributed by atoms with Crippen LogP contribution in [0.1, 0.15) is 98.9 Å². The number of esters is 1. The summed E-state index contributed by atoms with van der Waals surface area (Å²) in [5, 5.41) is 0.483. The van der Waals surface area contributed by atoms with E-state index in [1.807, 2.05) is 0 Å². The molecule has 2 rings (SSSR count). The van der Waals surface area contributed by atoms with Crippen LogP contribution < -0.4 is 0 Å². The van der Waals surface area contributed by atoms with Gasteiger partial charge in [-0.1, -0.05) is 58.3 Å². The number of ketones is 1. The van der Waals surface area contributed by atoms with Crippen LogP contribution in [0.15, 0.2) is 18.2 Å². The SMILES string of the molecule is CCCCCCCCCCCC(=O)c1c(C(=O)OCC)n(C)c2ccc(F)cc12. The number of benzene rings is 1. The fourth-order valence-electron chi connectivity index (χ4n) is 3.86. The number of ether oxygens (including phenoxy) is 1. The van der Waals surface area contributed by atoms with Gasteiger partial charge in [0.1, 0.15) is 11.5 Å². The third-order valence-corrected chi connectivity index (χ3v) is 5.42. The molecule has 0 saturated heterocycles. The fourth-order valence-corrected chi connectivity index (χ4v) is 3.86. The van der Waals surface area contributed by atoms with Crippen molar-refractivity contribution in [2.45, 2.75) is 78.1 Å². The molecule has 1 heterocycles. The van der Waals surface area contributed by atoms with E-state index in [4.69, 9.17) is 4.74 Å². The smallest absolute Gasteiger partial charge is 0.355 e. The Morgan fingerprint density at radius 3 is 2.21 bits per heavy atom. The lowest BCUT2D eigenvalue weighted by molar-refractivity contribution is 0.0512. The molecule has 0 aliphatic carbocycles. The maximum absolute atomic E-state index is 13.8. The first-order chi connectivity index (χ1) is 14.0. The summed E-state index contributed by atoms with van der Waals surface area (Å²) in [4.78, 5) is 25.5. The molecule has 0 bridgehead atoms. The van der Waals surface area contributed by atoms with E-state index >= 15 is 0 Å². The van der Waals surface area contributed by atoms with E-state index in [0.29, 0.717) is 22.9 Å². The standard InChI is InChI=1S/C24H34FNO3/c1-4-6-7-8-9-10-11-12-13-14-21(27)22-19-17-18(25)15-16-20(19)26(3)23(22)24(28)29-5-2/h15-17H,4-14H2,1-3H3. The van der Waals surface area contributed by atoms with Crippen molar-refractivity contribution in [3.8, 4) is 0 Å². The Morgan fingerprint density at radius 2 is 1.59 bits per heavy atom. The Bertz CT molecular complexity index is 825. The van der Waals surface area contributed by atoms with Crippen molar-refractivity contribution < 1.29 is 18.7 Å². The summed E-state index contributed by atoms with van der Waals surface area (Å²) in [6.45, 7) is 4.17. The first kappa shape index (κ1) is 23.1. The van der Waals surface area contributed by atoms with E-state index in [9.17, 15) is 14.0 Å². The Morgan fingerprint density at radius 1 is 0.966 bits per heavy atom. The van der Waals surface area contributed by atoms with Crippen molar-refractivity contribution in [3.63, 3.8) is 0 Å². The Hall–Kier alpha value is -2.17. The van der Waals surface area contributed by atoms with Crippen molar-refractivity contribution in [1.29, 1.82) is 0 Å². The highest BCUT2D eigenvalue weighted by Crippen LogP contribution is 2.29. The quantitative estimate of drug-likeness (QED) is 0.215. The second kappa shape index (κ2) is 11.7. The van der Waals surface area contributed by atoms with Gasteiger partial charge in [0.2, 0.25) is 0 Å². The van der Waals surface area contributed by atoms with Crippen molar-refractivity contribution in [1.82, 2.24) is 4.57 Å². The third-order valence-electron chi connectivity index (χ3n) is 5.42. The second-order valence-electron chi connectivity index (χ2n) is 7.67. The van der Waals surface area contributed by atoms with Gasteiger partial charge in [0.05, 0.1) is 12.2 Å². The molecular formula is C24H34FNO3. The summed E-state index contributed by atoms with van der Waals surface area (Å²) in [6, 6.07) is 4.27. The van der Waals surface area contributed by atoms with Crippen LogP contribution >= 0.6 is 0 Å². The summed E-state index contributed by atoms with van der Waals surface area (Å²) in [5.41, 5.74) is 1.17. The first-order valence-electron chi connectivity index (χ1n) is 11.0. The minimum atomic E-state index is -0.540. The summed E-state index contributed by atoms with van der Waals surface area (Å²) in [5.74, 6) is -1.08. The predicted octanol–water partition coefficient (Wildman–Crippen LogP) is 6.60. The van der Waals surface area contributed by atoms with Crippen LogP contribution in [0.4, 0.5) is 4.39 Å². The fraction of sp³-hybridized carbons (Fsp3) is 0.583. The number of hydrogen-bond donors (Lipinski definition) is 0. The van der Waals surface area contributed by atoms with Crippen molar-refractivity contribution in [3.05, 3.63) is 35.3 Å². The summed E-state index contributed by atoms with van der Waals surface area (Å²) in [7, 11) is 1.71. The lowest BCUT2D eigenvalue weighted by Crippen LogP contribution is -2.14. The van der Waals surface area contributed by atoms with Gasteiger partial charge in [0, 0.05) is 24.4 Å². The zero-order valence-corrected chi connectivity index (χ0v) is 18.1. The minimum absolute atomic E-state index is 0.118. The number of halogens is 1. The number of fused-ring (bicyclic) bond motifs is 1. The molecule has 0 amide bonds. The number of nitrogens with zero attached hydrogens (tertiary/aromatic N) is 1. The van der Waals surface area contributed by atoms with Gasteiger partial charge in [-0.2, -0.15) is 0 Å². The Labute approximate surface area is 173 Å². The number of aryl methyl sites for hydroxylation is 1. The maximum atomic E-state index is 13.8. The van der Waals surface area contributed by atoms with E-state index in [1.165, 1.54) is 50.7 Å². The van der Waals surface area contributed by atoms with Crippen LogP contribution in [0.3, 0.4) is 0 Å². The van der Waals surface area contributed by atoms with Gasteiger partial charge < -0.3 is 9.30 Å². The number of carbonyl (C=O) groups excluding carboxylic acids is 2. The number of carbonyl (C=O) groups is 2. The molecule has 0 unspecified atom stereocenters. The molecule has 0 saturated carbocycles. The van der Waals surface area contributed by atoms with Crippen LogP contribution in [0.2, 0.25) is 0 Å². The number of aromatic nitrogens is 1. The molecule has 2 aromatic rings. The minimum Gasteiger partial charge on any atom is -0.461 e. The molecule has 1 aromatic heterocycles. The highest BCUT2D eigenvalue weighted by molar-refractivity contribution is 6.15. The van der Waals surface area contributed by atoms with Gasteiger partial charge in [0.25, 0.3) is 0 Å². The summed E-state index contributed by atoms with van der Waals surface area (Å²) in [6.07, 6.45) is 10.9. The summed E-state index contributed by atoms with van der Waals surface area (Å²) < 4.78 is 20.6. The molecule has 0 fully saturated rings. The van der Waals surface area contributed by atoms with Crippen LogP contribution in [-0.4, -0.2) is 22.9 Å². The molecule has 5 heteroatoms. The van der Waals surface area contributed by atoms with Crippen molar-refractivity contribution in [2.75, 3.05) is 6.61 Å². The van der Waals surface area contributed by atoms with E-state index in [1.54, 1.807) is 24.6 Å². The van der Waals surface area contributed by atoms with Gasteiger partial charge in [-0.15, -0.1) is 0 Å². The van der Waals surface area contributed by atoms with Crippen LogP contribution in [0.25, 0.3) is 10.9 Å². The average Bonchev–Trinajstić information content (AvgIpc) is 2.98. The molecule has 0 aliphatic heterocycles. The lowest BCUT2D eigenvalue weighted by Gasteiger charge is -2.07. The normalized spacial score (nSPS) is 11.2. The largest absolute Gasteiger partial charge is 0.461 e. The highest BCUT2D eigenvalue weighted by Gasteiger charge is 2.26. The van der Waals surface area contributed by atoms with E-state index in [2.05, 4.69) is 6.92 Å². The molecule has 160 valence electrons. The van der Waals surface area contributed by atoms with Crippen LogP contribution in [-0.2, 0) is 11.8 Å². The molecule has 29 heavy (non-hydrogen) atoms. The molecule has 4 nitrogen and oxygen atoms in total. The molecule has 0 radical (unpaired) electrons. The maximum Gasteiger partial charge on any atom is 0.355 e. The van der Waals surface area contributed by atoms with Gasteiger partial charge in [-0.25, -0.2) is 9.18 Å². The Kier molecular flexibility index (Phi) is 9.36. The van der Waals surface area contributed by atoms with Gasteiger partial charge in [-0.05, 0) is 31.5 Å². The molecule has 0 spiro atoms. The van der Waals surface area contributed by atoms with Crippen LogP contribution in [0.5, 0.6) is 0 Å². The zero-order chi connectivity index (χ0) is 21.2. The topological polar surface area (TPSA) is 48.3 Å². The summed E-state index contributed by atoms with van der Waals surface area (Å²) >= 11 is 0. The van der Waals surface area contributed by atoms with Crippen LogP contribution in [0, 0.1) is 5.82 Å². The third kappa shape index (κ3) is 6.15. The lowest BCUT2D eigenvalue weighted by atomic mass is 10.00. The number of hydrogen-bond acceptors (Lipinski definition) is 3. The van der Waals surface area contributed by atoms with Gasteiger partial charge in [0.15, 0.2) is 5.78 Å². The molecule has 1 aromatic carbocycles. The van der Waals surface area contributed by atoms with E-state index in [0.717, 1.165) is 19.3 Å². The number of unbranched alkanes of at least 4 members (excludes halogenated alkanes) is 8. The second-order valence-corrected chi connectivity index (χ2v) is 7.67. The van der Waals surface area contributed by atoms with Gasteiger partial charge in [-0.3, -0.25) is 4.79 Å². The first-order valence-corrected chi connectivity index (χ1v) is 11.0. The van der Waals surface area contributed by atoms with E-state index in [-0.39, 0.29) is 18.1 Å². The molecular weight excluding hydrogens is 369 g/mol. The average molecular weight is 404 g/mol. The van der Waals surface area contributed by atoms with Crippen molar-refractivity contribution in [2.24, 2.45) is 7.05 Å². The number of rotatable bonds is 13. The monoisotopic (exact) mass is 403 g/mol. The predicted molar refractivity (Wildman–Crippen MR) is 115 cm³/mol. The highest BCUT2D eigenvalue weighted by atomic mass is 19.1. The zero-order valence-electron chi connectivity index (χ0n) is 18.1. The van der Waals surface area contributed by atoms with Gasteiger partial charge >= 0.3 is 5.97 Å². The Balaban J connectivity index is 2.03.